The Balaban J connectivity index is 1.39. The maximum atomic E-state index is 15.3. The van der Waals surface area contributed by atoms with Crippen molar-refractivity contribution in [2.24, 2.45) is 11.8 Å². The van der Waals surface area contributed by atoms with Crippen LogP contribution in [0.4, 0.5) is 30.7 Å². The molecule has 2 aromatic rings. The number of rotatable bonds is 18. The van der Waals surface area contributed by atoms with Crippen molar-refractivity contribution >= 4 is 0 Å². The molecule has 3 unspecified atom stereocenters. The fraction of sp³-hybridized carbons (Fsp3) is 0.657. The van der Waals surface area contributed by atoms with Crippen LogP contribution in [0, 0.1) is 35.1 Å². The van der Waals surface area contributed by atoms with Crippen molar-refractivity contribution in [2.75, 3.05) is 13.2 Å². The lowest BCUT2D eigenvalue weighted by Crippen LogP contribution is -2.40. The summed E-state index contributed by atoms with van der Waals surface area (Å²) < 4.78 is 116. The number of fused-ring (bicyclic) bond motifs is 1. The van der Waals surface area contributed by atoms with E-state index < -0.39 is 64.8 Å². The van der Waals surface area contributed by atoms with Crippen LogP contribution in [0.25, 0.3) is 11.1 Å². The highest BCUT2D eigenvalue weighted by atomic mass is 19.3. The first-order valence-electron chi connectivity index (χ1n) is 16.4. The van der Waals surface area contributed by atoms with Gasteiger partial charge in [0.2, 0.25) is 5.82 Å². The van der Waals surface area contributed by atoms with E-state index in [1.165, 1.54) is 19.3 Å². The SMILES string of the molecule is CCCCCCC(F)COC1CCc2cc(-c3ccc(OCCCCCC(CC)C4CC4)c(F)c3F)c(F)c(F)c2C1(F)F. The summed E-state index contributed by atoms with van der Waals surface area (Å²) in [5, 5.41) is 0. The molecule has 44 heavy (non-hydrogen) atoms. The minimum Gasteiger partial charge on any atom is -0.490 e. The van der Waals surface area contributed by atoms with Crippen LogP contribution >= 0.6 is 0 Å². The molecular weight excluding hydrogens is 585 g/mol. The Morgan fingerprint density at radius 1 is 0.818 bits per heavy atom. The fourth-order valence-corrected chi connectivity index (χ4v) is 6.41. The topological polar surface area (TPSA) is 18.5 Å². The van der Waals surface area contributed by atoms with Crippen molar-refractivity contribution in [1.82, 2.24) is 0 Å². The maximum absolute atomic E-state index is 15.3. The van der Waals surface area contributed by atoms with Crippen LogP contribution in [0.5, 0.6) is 5.75 Å². The van der Waals surface area contributed by atoms with Gasteiger partial charge in [-0.2, -0.15) is 13.2 Å². The molecule has 2 aromatic carbocycles. The Labute approximate surface area is 256 Å². The summed E-state index contributed by atoms with van der Waals surface area (Å²) in [6, 6.07) is 3.14. The van der Waals surface area contributed by atoms with E-state index in [9.17, 15) is 8.78 Å². The molecule has 0 radical (unpaired) electrons. The lowest BCUT2D eigenvalue weighted by molar-refractivity contribution is -0.160. The molecule has 2 aliphatic rings. The van der Waals surface area contributed by atoms with Crippen LogP contribution in [-0.2, 0) is 17.1 Å². The quantitative estimate of drug-likeness (QED) is 0.121. The van der Waals surface area contributed by atoms with Gasteiger partial charge in [0.15, 0.2) is 23.2 Å². The van der Waals surface area contributed by atoms with Gasteiger partial charge < -0.3 is 9.47 Å². The molecule has 2 aliphatic carbocycles. The molecule has 4 rings (SSSR count). The summed E-state index contributed by atoms with van der Waals surface area (Å²) in [4.78, 5) is 0. The predicted molar refractivity (Wildman–Crippen MR) is 158 cm³/mol. The average molecular weight is 631 g/mol. The molecule has 0 N–H and O–H groups in total. The normalized spacial score (nSPS) is 19.1. The third-order valence-corrected chi connectivity index (χ3v) is 9.18. The second-order valence-corrected chi connectivity index (χ2v) is 12.5. The van der Waals surface area contributed by atoms with E-state index in [0.29, 0.717) is 12.8 Å². The summed E-state index contributed by atoms with van der Waals surface area (Å²) in [6.07, 6.45) is 7.42. The number of benzene rings is 2. The zero-order valence-corrected chi connectivity index (χ0v) is 25.8. The number of hydrogen-bond donors (Lipinski definition) is 0. The molecule has 3 atom stereocenters. The Kier molecular flexibility index (Phi) is 12.4. The van der Waals surface area contributed by atoms with E-state index >= 15 is 22.0 Å². The van der Waals surface area contributed by atoms with Gasteiger partial charge in [0.1, 0.15) is 12.3 Å². The molecule has 9 heteroatoms. The van der Waals surface area contributed by atoms with Crippen LogP contribution in [0.15, 0.2) is 18.2 Å². The Morgan fingerprint density at radius 2 is 1.52 bits per heavy atom. The van der Waals surface area contributed by atoms with E-state index in [4.69, 9.17) is 9.47 Å². The van der Waals surface area contributed by atoms with Crippen molar-refractivity contribution in [3.05, 3.63) is 52.6 Å². The van der Waals surface area contributed by atoms with Gasteiger partial charge in [-0.05, 0) is 74.1 Å². The smallest absolute Gasteiger partial charge is 0.302 e. The minimum atomic E-state index is -3.93. The summed E-state index contributed by atoms with van der Waals surface area (Å²) in [5.74, 6) is -9.04. The van der Waals surface area contributed by atoms with E-state index in [1.807, 2.05) is 6.92 Å². The van der Waals surface area contributed by atoms with Gasteiger partial charge in [0.25, 0.3) is 0 Å². The van der Waals surface area contributed by atoms with E-state index in [2.05, 4.69) is 6.92 Å². The molecule has 1 fully saturated rings. The van der Waals surface area contributed by atoms with Gasteiger partial charge in [-0.25, -0.2) is 17.6 Å². The van der Waals surface area contributed by atoms with Gasteiger partial charge in [0, 0.05) is 11.1 Å². The zero-order chi connectivity index (χ0) is 31.9. The molecule has 0 bridgehead atoms. The first kappa shape index (κ1) is 34.6. The highest BCUT2D eigenvalue weighted by Gasteiger charge is 2.50. The van der Waals surface area contributed by atoms with Crippen LogP contribution in [-0.4, -0.2) is 25.5 Å². The summed E-state index contributed by atoms with van der Waals surface area (Å²) in [6.45, 7) is 3.84. The molecule has 0 saturated heterocycles. The predicted octanol–water partition coefficient (Wildman–Crippen LogP) is 11.0. The molecular formula is C35H45F7O2. The molecule has 0 heterocycles. The Hall–Kier alpha value is -2.29. The van der Waals surface area contributed by atoms with Crippen LogP contribution in [0.1, 0.15) is 108 Å². The first-order valence-corrected chi connectivity index (χ1v) is 16.4. The maximum Gasteiger partial charge on any atom is 0.302 e. The number of aryl methyl sites for hydroxylation is 1. The largest absolute Gasteiger partial charge is 0.490 e. The molecule has 1 saturated carbocycles. The second-order valence-electron chi connectivity index (χ2n) is 12.5. The van der Waals surface area contributed by atoms with Crippen molar-refractivity contribution < 1.29 is 40.2 Å². The van der Waals surface area contributed by atoms with E-state index in [1.54, 1.807) is 0 Å². The molecule has 0 aliphatic heterocycles. The number of alkyl halides is 3. The van der Waals surface area contributed by atoms with Crippen molar-refractivity contribution in [3.8, 4) is 16.9 Å². The van der Waals surface area contributed by atoms with Crippen LogP contribution in [0.2, 0.25) is 0 Å². The Bertz CT molecular complexity index is 1230. The first-order chi connectivity index (χ1) is 21.1. The fourth-order valence-electron chi connectivity index (χ4n) is 6.41. The standard InChI is InChI=1S/C35H45F7O2/c1-3-5-6-9-12-25(36)21-44-29-18-15-24-20-27(32(38)34(40)30(24)35(29,41)42)26-16-17-28(33(39)31(26)37)43-19-10-7-8-11-22(4-2)23-13-14-23/h16-17,20,22-23,25,29H,3-15,18-19,21H2,1-2H3. The molecule has 0 spiro atoms. The molecule has 0 amide bonds. The van der Waals surface area contributed by atoms with Crippen LogP contribution in [0.3, 0.4) is 0 Å². The molecule has 246 valence electrons. The minimum absolute atomic E-state index is 0.127. The highest BCUT2D eigenvalue weighted by molar-refractivity contribution is 5.68. The van der Waals surface area contributed by atoms with Gasteiger partial charge in [-0.3, -0.25) is 0 Å². The Morgan fingerprint density at radius 3 is 2.23 bits per heavy atom. The number of halogens is 7. The zero-order valence-electron chi connectivity index (χ0n) is 25.8. The lowest BCUT2D eigenvalue weighted by Gasteiger charge is -2.34. The van der Waals surface area contributed by atoms with E-state index in [0.717, 1.165) is 68.6 Å². The van der Waals surface area contributed by atoms with Gasteiger partial charge >= 0.3 is 5.92 Å². The van der Waals surface area contributed by atoms with Crippen molar-refractivity contribution in [2.45, 2.75) is 122 Å². The van der Waals surface area contributed by atoms with Crippen molar-refractivity contribution in [3.63, 3.8) is 0 Å². The lowest BCUT2D eigenvalue weighted by atomic mass is 9.83. The third kappa shape index (κ3) is 8.29. The van der Waals surface area contributed by atoms with Gasteiger partial charge in [0.05, 0.1) is 18.8 Å². The van der Waals surface area contributed by atoms with Crippen LogP contribution < -0.4 is 4.74 Å². The van der Waals surface area contributed by atoms with E-state index in [-0.39, 0.29) is 37.2 Å². The third-order valence-electron chi connectivity index (χ3n) is 9.18. The monoisotopic (exact) mass is 630 g/mol. The second kappa shape index (κ2) is 15.8. The van der Waals surface area contributed by atoms with Gasteiger partial charge in [-0.15, -0.1) is 0 Å². The molecule has 0 aromatic heterocycles. The van der Waals surface area contributed by atoms with Gasteiger partial charge in [-0.1, -0.05) is 65.2 Å². The molecule has 2 nitrogen and oxygen atoms in total. The van der Waals surface area contributed by atoms with Crippen molar-refractivity contribution in [1.29, 1.82) is 0 Å². The summed E-state index contributed by atoms with van der Waals surface area (Å²) in [5.41, 5.74) is -2.66. The number of unbranched alkanes of at least 4 members (excludes halogenated alkanes) is 5. The average Bonchev–Trinajstić information content (AvgIpc) is 3.84. The summed E-state index contributed by atoms with van der Waals surface area (Å²) in [7, 11) is 0. The number of hydrogen-bond acceptors (Lipinski definition) is 2. The number of ether oxygens (including phenoxy) is 2. The summed E-state index contributed by atoms with van der Waals surface area (Å²) >= 11 is 0. The highest BCUT2D eigenvalue weighted by Crippen LogP contribution is 2.46.